The number of nitrogens with zero attached hydrogens (tertiary/aromatic N) is 11. The number of carbonyl (C=O) groups is 8. The minimum atomic E-state index is -1.67. The van der Waals surface area contributed by atoms with Gasteiger partial charge in [-0.15, -0.1) is 119 Å². The molecule has 0 bridgehead atoms. The maximum atomic E-state index is 11.5. The largest absolute Gasteiger partial charge is 1.00 e. The van der Waals surface area contributed by atoms with Gasteiger partial charge in [-0.3, -0.25) is 54.3 Å². The van der Waals surface area contributed by atoms with Gasteiger partial charge in [0.05, 0.1) is 50.3 Å². The van der Waals surface area contributed by atoms with E-state index < -0.39 is 41.9 Å². The average molecular weight is 2580 g/mol. The fourth-order valence-corrected chi connectivity index (χ4v) is 24.6. The molecule has 14 heterocycles. The second-order valence-corrected chi connectivity index (χ2v) is 41.0. The molecule has 2 aliphatic heterocycles. The number of terminal acetylenes is 6. The number of thioether (sulfide) groups is 1. The zero-order valence-corrected chi connectivity index (χ0v) is 98.8. The van der Waals surface area contributed by atoms with Crippen molar-refractivity contribution < 1.29 is 144 Å². The van der Waals surface area contributed by atoms with Gasteiger partial charge in [-0.25, -0.2) is 43.8 Å². The van der Waals surface area contributed by atoms with Gasteiger partial charge in [-0.05, 0) is 227 Å². The summed E-state index contributed by atoms with van der Waals surface area (Å²) < 4.78 is 14.3. The third kappa shape index (κ3) is 59.2. The number of hydrogen-bond donors (Lipinski definition) is 4. The molecule has 2 saturated heterocycles. The van der Waals surface area contributed by atoms with Crippen molar-refractivity contribution in [2.24, 2.45) is 0 Å². The molecule has 2 fully saturated rings. The number of ketones is 5. The van der Waals surface area contributed by atoms with Crippen LogP contribution in [0, 0.1) is 185 Å². The molecule has 0 spiro atoms. The van der Waals surface area contributed by atoms with Gasteiger partial charge in [0.25, 0.3) is 0 Å². The number of thiophene rings is 8. The van der Waals surface area contributed by atoms with Crippen LogP contribution in [-0.4, -0.2) is 133 Å². The Kier molecular flexibility index (Phi) is 97.3. The number of anilines is 3. The van der Waals surface area contributed by atoms with Gasteiger partial charge in [0, 0.05) is 145 Å². The normalized spacial score (nSPS) is 9.52. The van der Waals surface area contributed by atoms with E-state index in [-0.39, 0.29) is 170 Å². The molecule has 0 aliphatic carbocycles. The zero-order chi connectivity index (χ0) is 106. The Balaban J connectivity index is -0.000000174. The third-order valence-corrected chi connectivity index (χ3v) is 30.6. The number of fused-ring (bicyclic) bond motifs is 4. The van der Waals surface area contributed by atoms with Gasteiger partial charge >= 0.3 is 81.3 Å². The Morgan fingerprint density at radius 2 is 0.776 bits per heavy atom. The Labute approximate surface area is 997 Å². The first kappa shape index (κ1) is 158. The molecule has 147 heavy (non-hydrogen) atoms. The number of aromatic nitrogens is 4. The van der Waals surface area contributed by atoms with Crippen LogP contribution in [0.4, 0.5) is 30.4 Å². The predicted molar refractivity (Wildman–Crippen MR) is 617 cm³/mol. The molecule has 6 N–H and O–H groups in total. The molecule has 31 nitrogen and oxygen atoms in total. The smallest absolute Gasteiger partial charge is 0.870 e. The van der Waals surface area contributed by atoms with Crippen molar-refractivity contribution in [1.82, 2.24) is 19.9 Å². The van der Waals surface area contributed by atoms with E-state index in [0.717, 1.165) is 125 Å². The number of carboxylic acids is 3. The van der Waals surface area contributed by atoms with E-state index in [1.54, 1.807) is 85.8 Å². The number of nitriles is 2. The van der Waals surface area contributed by atoms with Crippen LogP contribution < -0.4 is 64.0 Å². The van der Waals surface area contributed by atoms with E-state index >= 15 is 0 Å². The summed E-state index contributed by atoms with van der Waals surface area (Å²) in [5, 5.41) is 92.7. The van der Waals surface area contributed by atoms with Gasteiger partial charge in [-0.2, -0.15) is 16.6 Å². The minimum Gasteiger partial charge on any atom is -0.870 e. The molecule has 2 aliphatic rings. The number of Topliss-reactive ketones (excluding diaryl/α,β-unsaturated/α-hetero) is 5. The van der Waals surface area contributed by atoms with Crippen molar-refractivity contribution in [2.45, 2.75) is 142 Å². The first-order chi connectivity index (χ1) is 66.0. The van der Waals surface area contributed by atoms with Crippen LogP contribution in [0.5, 0.6) is 0 Å². The van der Waals surface area contributed by atoms with Crippen LogP contribution in [0.15, 0.2) is 66.7 Å². The molecule has 12 aromatic rings. The van der Waals surface area contributed by atoms with Crippen molar-refractivity contribution in [1.29, 1.82) is 10.5 Å². The van der Waals surface area contributed by atoms with Crippen molar-refractivity contribution in [3.8, 4) is 145 Å². The van der Waals surface area contributed by atoms with Crippen molar-refractivity contribution in [3.63, 3.8) is 0 Å². The van der Waals surface area contributed by atoms with Crippen LogP contribution in [0.2, 0.25) is 4.47 Å². The molecule has 55 heteroatoms. The number of aromatic carboxylic acids is 3. The molecule has 0 amide bonds. The molecule has 12 aromatic heterocycles. The number of nitro groups is 3. The number of rotatable bonds is 14. The summed E-state index contributed by atoms with van der Waals surface area (Å²) >= 11 is 34.8. The standard InChI is InChI=1S/C12H14N2OS2.C11H12N2O2S2.C7H4ClNOS2.C7H4N2O3S2.C7H6N2OS2.C7H4.C6H4BrNO3S.C6H2.C5H2BrNO4S.C5H3BrO2S.C5H4.C4H6.C3H4.C2H2.CHNS.4CH4.Cl2OS.Fe.Li.Na.H2O/c1-8(15)9-7-16-11-10(9)17-12(13-11)14-5-3-2-4-6-14;14-10(15)7-6-16-9-8(7)17-11(12-9)13-4-2-1-3-5-13;1-3(10)4-2-11-6-5(4)12-7(8)9-6;1-4(10)5-2-13-7(9(11)12)6(5)14-3-8;1-3(10)4-2-11-6-5(4)12-7(8)9-6;1-3-5-7-6-4-2;1-3(9)4-2-12-6(5(4)7)8(10)11;1-3-5-6-4-2;6-3-2(5(8)9)1-12-4(3)7(10)11;6-4-2-9-1-3(4)5(7)8;1-3-5-4-2;1-3-4-2;1-3-2;1-2;2-1-3;;;;;1-4(2)3;;;;/h7H,2-6H2,1H3;6H,1-5H2,(H,14,15);2H,1H3;2H,1H3;2H,1H3,(H2,8,9);1H,2H3;2H,1H3;1-2H;1H,(H,8,9);1-2H,(H,7,8);1H,2H3;1-2H3;1H,2H3;1-2H;3H;4*1H4;;;;;1H2/q;;;;;;;;;;;;;;;;;;;;;2*+1;/p-2. The summed E-state index contributed by atoms with van der Waals surface area (Å²) in [6.45, 7) is 20.4. The average Bonchev–Trinajstić information content (AvgIpc) is 1.65. The minimum absolute atomic E-state index is 0. The SMILES string of the molecule is C.C.C.C.C#C.C#CC.C#CC#CC.C#CC#CC#C.C#CC#CC#CC.CC#CC.CC(=O)c1csc([N+](=O)[O-])c1Br.CC(=O)c1csc([N+](=O)[O-])c1SC#N.CC(=O)c1csc2nc(Cl)sc12.CC(=O)c1csc2nc(N)sc12.CC(=O)c1csc2nc(N3CCCCC3)sc12.N#C[S-].O=C(O)c1csc([N+](=O)[O-])c1Br.O=C(O)c1csc2nc(N3CCCCC3)sc12.O=C(O)c1cscc1Br.O=S(Cl)Cl.[Fe].[Li+].[Na+].[OH-]. The molecule has 0 unspecified atom stereocenters. The molecule has 0 saturated carbocycles. The Morgan fingerprint density at radius 1 is 0.476 bits per heavy atom. The maximum Gasteiger partial charge on any atom is 1.00 e. The topological polar surface area (TPSA) is 505 Å². The van der Waals surface area contributed by atoms with E-state index in [9.17, 15) is 68.7 Å². The Morgan fingerprint density at radius 3 is 1.06 bits per heavy atom. The monoisotopic (exact) mass is 2570 g/mol. The van der Waals surface area contributed by atoms with Gasteiger partial charge in [-0.1, -0.05) is 127 Å². The van der Waals surface area contributed by atoms with Gasteiger partial charge in [0.15, 0.2) is 48.8 Å². The zero-order valence-electron chi connectivity index (χ0n) is 76.5. The fourth-order valence-electron chi connectivity index (χ4n) is 9.04. The predicted octanol–water partition coefficient (Wildman–Crippen LogP) is 22.2. The van der Waals surface area contributed by atoms with Crippen LogP contribution >= 0.6 is 229 Å². The van der Waals surface area contributed by atoms with Gasteiger partial charge in [0.1, 0.15) is 38.6 Å². The Hall–Kier alpha value is -9.23. The molecule has 0 aromatic carbocycles. The van der Waals surface area contributed by atoms with Crippen LogP contribution in [0.1, 0.15) is 220 Å². The summed E-state index contributed by atoms with van der Waals surface area (Å²) in [5.41, 5.74) is 9.08. The molecular formula is C92H88Br3Cl3FeLiN12NaO19S15. The van der Waals surface area contributed by atoms with E-state index in [4.69, 9.17) is 73.1 Å². The van der Waals surface area contributed by atoms with Gasteiger partial charge < -0.3 is 49.0 Å². The van der Waals surface area contributed by atoms with Gasteiger partial charge in [0.2, 0.25) is 9.23 Å². The summed E-state index contributed by atoms with van der Waals surface area (Å²) in [7, 11) is 7.36. The summed E-state index contributed by atoms with van der Waals surface area (Å²) in [6.07, 6.45) is 39.0. The summed E-state index contributed by atoms with van der Waals surface area (Å²) in [6, 6.07) is 0. The third-order valence-electron chi connectivity index (χ3n) is 14.7. The number of nitrogen functional groups attached to an aromatic ring is 1. The molecular weight excluding hydrogens is 2490 g/mol. The van der Waals surface area contributed by atoms with Crippen LogP contribution in [0.3, 0.4) is 0 Å². The van der Waals surface area contributed by atoms with E-state index in [1.165, 1.54) is 153 Å². The number of carbonyl (C=O) groups excluding carboxylic acids is 5. The first-order valence-corrected chi connectivity index (χ1v) is 54.1. The quantitative estimate of drug-likeness (QED) is 0.00904. The van der Waals surface area contributed by atoms with Crippen molar-refractivity contribution >= 4 is 366 Å². The van der Waals surface area contributed by atoms with E-state index in [2.05, 4.69) is 220 Å². The fraction of sp³-hybridized carbons (Fsp3) is 0.261. The molecule has 0 atom stereocenters. The summed E-state index contributed by atoms with van der Waals surface area (Å²) in [4.78, 5) is 142. The number of hydrogen-bond acceptors (Lipinski definition) is 39. The van der Waals surface area contributed by atoms with Crippen LogP contribution in [-0.2, 0) is 38.9 Å². The second kappa shape index (κ2) is 90.6. The first-order valence-electron chi connectivity index (χ1n) is 37.0. The van der Waals surface area contributed by atoms with E-state index in [0.29, 0.717) is 42.5 Å². The number of carboxylic acid groups (broad SMARTS) is 3. The summed E-state index contributed by atoms with van der Waals surface area (Å²) in [5.74, 6) is 32.2. The van der Waals surface area contributed by atoms with Crippen molar-refractivity contribution in [3.05, 3.63) is 141 Å². The number of thiazole rings is 4. The second-order valence-electron chi connectivity index (χ2n) is 23.7. The molecule has 14 rings (SSSR count). The number of piperidine rings is 2. The number of halogens is 6. The number of nitrogens with two attached hydrogens (primary N) is 1. The number of thiocyanates is 2. The molecule has 772 valence electrons. The van der Waals surface area contributed by atoms with E-state index in [1.807, 2.05) is 30.0 Å². The van der Waals surface area contributed by atoms with Crippen molar-refractivity contribution in [2.75, 3.05) is 41.7 Å². The maximum absolute atomic E-state index is 11.5. The van der Waals surface area contributed by atoms with Crippen LogP contribution in [0.25, 0.3) is 38.1 Å². The molecule has 0 radical (unpaired) electrons. The Bertz CT molecular complexity index is 6610.